The number of rotatable bonds is 4. The smallest absolute Gasteiger partial charge is 0.0793 e. The van der Waals surface area contributed by atoms with E-state index < -0.39 is 0 Å². The van der Waals surface area contributed by atoms with Crippen molar-refractivity contribution in [3.63, 3.8) is 0 Å². The highest BCUT2D eigenvalue weighted by molar-refractivity contribution is 4.78. The minimum atomic E-state index is -0.234. The molecule has 0 spiro atoms. The van der Waals surface area contributed by atoms with Crippen LogP contribution in [0.4, 0.5) is 0 Å². The number of aliphatic hydroxyl groups is 1. The number of β-amino-alcohol motifs (C(OH)–C–C–N with tert-alkyl or cyclic N) is 1. The molecular formula is C15H30N2O2. The van der Waals surface area contributed by atoms with E-state index in [0.29, 0.717) is 0 Å². The second kappa shape index (κ2) is 7.02. The Hall–Kier alpha value is -0.160. The van der Waals surface area contributed by atoms with Crippen molar-refractivity contribution in [1.82, 2.24) is 9.80 Å². The first kappa shape index (κ1) is 15.2. The lowest BCUT2D eigenvalue weighted by molar-refractivity contribution is -0.0784. The van der Waals surface area contributed by atoms with Crippen molar-refractivity contribution in [2.24, 2.45) is 5.92 Å². The third-order valence-electron chi connectivity index (χ3n) is 4.17. The minimum absolute atomic E-state index is 0.234. The van der Waals surface area contributed by atoms with Crippen LogP contribution < -0.4 is 0 Å². The van der Waals surface area contributed by atoms with Crippen LogP contribution in [0.5, 0.6) is 0 Å². The molecule has 2 rings (SSSR count). The topological polar surface area (TPSA) is 35.9 Å². The first-order valence-electron chi connectivity index (χ1n) is 7.81. The van der Waals surface area contributed by atoms with Gasteiger partial charge in [0.15, 0.2) is 0 Å². The van der Waals surface area contributed by atoms with Crippen LogP contribution in [-0.2, 0) is 4.74 Å². The van der Waals surface area contributed by atoms with E-state index in [2.05, 4.69) is 30.6 Å². The maximum atomic E-state index is 10.3. The van der Waals surface area contributed by atoms with Gasteiger partial charge < -0.3 is 14.7 Å². The Balaban J connectivity index is 1.72. The van der Waals surface area contributed by atoms with Crippen LogP contribution >= 0.6 is 0 Å². The number of nitrogens with zero attached hydrogens (tertiary/aromatic N) is 2. The van der Waals surface area contributed by atoms with E-state index in [0.717, 1.165) is 45.2 Å². The number of morpholine rings is 1. The number of piperidine rings is 1. The summed E-state index contributed by atoms with van der Waals surface area (Å²) in [5.74, 6) is 0.782. The van der Waals surface area contributed by atoms with Crippen molar-refractivity contribution in [2.45, 2.75) is 51.9 Å². The Kier molecular flexibility index (Phi) is 5.63. The fourth-order valence-corrected chi connectivity index (χ4v) is 3.54. The van der Waals surface area contributed by atoms with E-state index >= 15 is 0 Å². The van der Waals surface area contributed by atoms with Gasteiger partial charge >= 0.3 is 0 Å². The molecule has 0 aromatic heterocycles. The molecule has 0 aromatic carbocycles. The molecule has 4 heteroatoms. The standard InChI is InChI=1S/C15H30N2O2/c1-12-5-4-6-16(7-12)10-15(18)11-17-8-13(2)19-14(3)9-17/h12-15,18H,4-11H2,1-3H3. The molecule has 2 saturated heterocycles. The summed E-state index contributed by atoms with van der Waals surface area (Å²) in [5, 5.41) is 10.3. The number of hydrogen-bond acceptors (Lipinski definition) is 4. The van der Waals surface area contributed by atoms with Crippen LogP contribution in [-0.4, -0.2) is 72.5 Å². The summed E-state index contributed by atoms with van der Waals surface area (Å²) < 4.78 is 5.73. The van der Waals surface area contributed by atoms with E-state index in [-0.39, 0.29) is 18.3 Å². The number of ether oxygens (including phenoxy) is 1. The predicted molar refractivity (Wildman–Crippen MR) is 77.3 cm³/mol. The second-order valence-corrected chi connectivity index (χ2v) is 6.64. The normalized spacial score (nSPS) is 36.3. The van der Waals surface area contributed by atoms with Gasteiger partial charge in [0.05, 0.1) is 18.3 Å². The highest BCUT2D eigenvalue weighted by atomic mass is 16.5. The molecule has 112 valence electrons. The summed E-state index contributed by atoms with van der Waals surface area (Å²) in [4.78, 5) is 4.77. The average molecular weight is 270 g/mol. The molecule has 0 radical (unpaired) electrons. The van der Waals surface area contributed by atoms with Gasteiger partial charge in [-0.15, -0.1) is 0 Å². The van der Waals surface area contributed by atoms with Crippen molar-refractivity contribution >= 4 is 0 Å². The molecule has 0 aliphatic carbocycles. The first-order valence-corrected chi connectivity index (χ1v) is 7.81. The zero-order chi connectivity index (χ0) is 13.8. The van der Waals surface area contributed by atoms with Crippen molar-refractivity contribution in [1.29, 1.82) is 0 Å². The quantitative estimate of drug-likeness (QED) is 0.832. The Morgan fingerprint density at radius 1 is 1.05 bits per heavy atom. The predicted octanol–water partition coefficient (Wildman–Crippen LogP) is 1.19. The van der Waals surface area contributed by atoms with Crippen molar-refractivity contribution in [2.75, 3.05) is 39.3 Å². The zero-order valence-corrected chi connectivity index (χ0v) is 12.7. The number of likely N-dealkylation sites (tertiary alicyclic amines) is 1. The average Bonchev–Trinajstić information content (AvgIpc) is 2.26. The molecular weight excluding hydrogens is 240 g/mol. The summed E-state index contributed by atoms with van der Waals surface area (Å²) in [7, 11) is 0. The van der Waals surface area contributed by atoms with Gasteiger partial charge in [-0.1, -0.05) is 6.92 Å². The molecule has 0 amide bonds. The SMILES string of the molecule is CC1CCCN(CC(O)CN2CC(C)OC(C)C2)C1. The molecule has 0 bridgehead atoms. The van der Waals surface area contributed by atoms with Gasteiger partial charge in [0, 0.05) is 32.7 Å². The van der Waals surface area contributed by atoms with Gasteiger partial charge in [-0.2, -0.15) is 0 Å². The van der Waals surface area contributed by atoms with Crippen LogP contribution in [0.1, 0.15) is 33.6 Å². The van der Waals surface area contributed by atoms with Gasteiger partial charge in [0.1, 0.15) is 0 Å². The summed E-state index contributed by atoms with van der Waals surface area (Å²) in [6.45, 7) is 12.3. The van der Waals surface area contributed by atoms with E-state index in [1.807, 2.05) is 0 Å². The molecule has 2 aliphatic heterocycles. The second-order valence-electron chi connectivity index (χ2n) is 6.64. The summed E-state index contributed by atoms with van der Waals surface area (Å²) in [5.41, 5.74) is 0. The Morgan fingerprint density at radius 3 is 2.32 bits per heavy atom. The number of aliphatic hydroxyl groups excluding tert-OH is 1. The van der Waals surface area contributed by atoms with Crippen LogP contribution in [0.25, 0.3) is 0 Å². The third kappa shape index (κ3) is 5.03. The molecule has 4 unspecified atom stereocenters. The van der Waals surface area contributed by atoms with Crippen molar-refractivity contribution < 1.29 is 9.84 Å². The maximum absolute atomic E-state index is 10.3. The molecule has 19 heavy (non-hydrogen) atoms. The highest BCUT2D eigenvalue weighted by Crippen LogP contribution is 2.16. The molecule has 2 heterocycles. The Bertz CT molecular complexity index is 265. The van der Waals surface area contributed by atoms with Crippen LogP contribution in [0.2, 0.25) is 0 Å². The number of hydrogen-bond donors (Lipinski definition) is 1. The fourth-order valence-electron chi connectivity index (χ4n) is 3.54. The monoisotopic (exact) mass is 270 g/mol. The lowest BCUT2D eigenvalue weighted by Crippen LogP contribution is -2.50. The lowest BCUT2D eigenvalue weighted by atomic mass is 10.00. The van der Waals surface area contributed by atoms with Gasteiger partial charge in [0.25, 0.3) is 0 Å². The first-order chi connectivity index (χ1) is 9.02. The van der Waals surface area contributed by atoms with Crippen LogP contribution in [0.15, 0.2) is 0 Å². The Labute approximate surface area is 117 Å². The zero-order valence-electron chi connectivity index (χ0n) is 12.7. The third-order valence-corrected chi connectivity index (χ3v) is 4.17. The lowest BCUT2D eigenvalue weighted by Gasteiger charge is -2.38. The summed E-state index contributed by atoms with van der Waals surface area (Å²) in [6, 6.07) is 0. The van der Waals surface area contributed by atoms with E-state index in [4.69, 9.17) is 4.74 Å². The molecule has 2 aliphatic rings. The Morgan fingerprint density at radius 2 is 1.68 bits per heavy atom. The molecule has 0 aromatic rings. The van der Waals surface area contributed by atoms with Gasteiger partial charge in [0.2, 0.25) is 0 Å². The largest absolute Gasteiger partial charge is 0.390 e. The van der Waals surface area contributed by atoms with Gasteiger partial charge in [-0.25, -0.2) is 0 Å². The fraction of sp³-hybridized carbons (Fsp3) is 1.00. The van der Waals surface area contributed by atoms with E-state index in [9.17, 15) is 5.11 Å². The van der Waals surface area contributed by atoms with Gasteiger partial charge in [-0.05, 0) is 39.2 Å². The molecule has 1 N–H and O–H groups in total. The molecule has 4 atom stereocenters. The summed E-state index contributed by atoms with van der Waals surface area (Å²) >= 11 is 0. The van der Waals surface area contributed by atoms with E-state index in [1.54, 1.807) is 0 Å². The van der Waals surface area contributed by atoms with Crippen LogP contribution in [0, 0.1) is 5.92 Å². The maximum Gasteiger partial charge on any atom is 0.0793 e. The van der Waals surface area contributed by atoms with Gasteiger partial charge in [-0.3, -0.25) is 4.90 Å². The highest BCUT2D eigenvalue weighted by Gasteiger charge is 2.25. The van der Waals surface area contributed by atoms with Crippen molar-refractivity contribution in [3.05, 3.63) is 0 Å². The van der Waals surface area contributed by atoms with E-state index in [1.165, 1.54) is 12.8 Å². The summed E-state index contributed by atoms with van der Waals surface area (Å²) in [6.07, 6.45) is 2.95. The van der Waals surface area contributed by atoms with Crippen LogP contribution in [0.3, 0.4) is 0 Å². The molecule has 0 saturated carbocycles. The van der Waals surface area contributed by atoms with Crippen molar-refractivity contribution in [3.8, 4) is 0 Å². The molecule has 2 fully saturated rings. The molecule has 4 nitrogen and oxygen atoms in total. The minimum Gasteiger partial charge on any atom is -0.390 e.